The number of halogens is 2. The zero-order valence-corrected chi connectivity index (χ0v) is 11.4. The number of hydrogen-bond acceptors (Lipinski definition) is 3. The summed E-state index contributed by atoms with van der Waals surface area (Å²) in [5.41, 5.74) is 0.856. The first kappa shape index (κ1) is 14.9. The van der Waals surface area contributed by atoms with Crippen molar-refractivity contribution in [3.8, 4) is 5.75 Å². The molecule has 0 fully saturated rings. The van der Waals surface area contributed by atoms with Gasteiger partial charge >= 0.3 is 6.61 Å². The van der Waals surface area contributed by atoms with E-state index >= 15 is 0 Å². The Hall–Kier alpha value is -2.50. The van der Waals surface area contributed by atoms with Crippen LogP contribution in [0.1, 0.15) is 23.0 Å². The van der Waals surface area contributed by atoms with Gasteiger partial charge in [-0.05, 0) is 31.2 Å². The first-order valence-corrected chi connectivity index (χ1v) is 6.40. The van der Waals surface area contributed by atoms with Crippen LogP contribution in [-0.2, 0) is 6.54 Å². The second-order valence-corrected chi connectivity index (χ2v) is 4.15. The van der Waals surface area contributed by atoms with E-state index in [0.29, 0.717) is 17.8 Å². The third-order valence-corrected chi connectivity index (χ3v) is 2.82. The smallest absolute Gasteiger partial charge is 0.387 e. The molecule has 2 rings (SSSR count). The molecule has 1 heterocycles. The van der Waals surface area contributed by atoms with Crippen molar-refractivity contribution in [3.05, 3.63) is 53.9 Å². The molecule has 0 atom stereocenters. The number of alkyl halides is 2. The fourth-order valence-electron chi connectivity index (χ4n) is 1.87. The number of carbonyl (C=O) groups excluding carboxylic acids is 1. The Morgan fingerprint density at radius 2 is 2.14 bits per heavy atom. The van der Waals surface area contributed by atoms with E-state index in [4.69, 9.17) is 0 Å². The average molecular weight is 292 g/mol. The van der Waals surface area contributed by atoms with Crippen molar-refractivity contribution in [1.29, 1.82) is 0 Å². The van der Waals surface area contributed by atoms with Crippen molar-refractivity contribution in [2.45, 2.75) is 20.1 Å². The fourth-order valence-corrected chi connectivity index (χ4v) is 1.87. The van der Waals surface area contributed by atoms with Gasteiger partial charge in [-0.1, -0.05) is 18.2 Å². The van der Waals surface area contributed by atoms with Crippen molar-refractivity contribution in [2.24, 2.45) is 0 Å². The van der Waals surface area contributed by atoms with Gasteiger partial charge in [0, 0.05) is 18.3 Å². The van der Waals surface area contributed by atoms with Gasteiger partial charge in [0.1, 0.15) is 11.4 Å². The molecule has 0 saturated heterocycles. The standard InChI is InChI=1S/C15H14F2N2O2/c1-2-19-12(9-10-18-19)13(20)8-7-11-5-3-4-6-14(11)21-15(16)17/h3-10,15H,2H2,1H3. The van der Waals surface area contributed by atoms with E-state index in [1.165, 1.54) is 18.2 Å². The maximum atomic E-state index is 12.3. The summed E-state index contributed by atoms with van der Waals surface area (Å²) in [6.45, 7) is -0.455. The molecule has 1 aromatic heterocycles. The normalized spacial score (nSPS) is 11.2. The van der Waals surface area contributed by atoms with Crippen LogP contribution in [0.4, 0.5) is 8.78 Å². The lowest BCUT2D eigenvalue weighted by Crippen LogP contribution is -2.07. The molecule has 2 aromatic rings. The van der Waals surface area contributed by atoms with Gasteiger partial charge in [-0.25, -0.2) is 0 Å². The summed E-state index contributed by atoms with van der Waals surface area (Å²) < 4.78 is 30.6. The molecule has 110 valence electrons. The second-order valence-electron chi connectivity index (χ2n) is 4.15. The van der Waals surface area contributed by atoms with Crippen LogP contribution in [0.25, 0.3) is 6.08 Å². The molecule has 0 amide bonds. The van der Waals surface area contributed by atoms with Gasteiger partial charge in [0.2, 0.25) is 5.78 Å². The Labute approximate surface area is 120 Å². The number of benzene rings is 1. The number of ketones is 1. The topological polar surface area (TPSA) is 44.1 Å². The summed E-state index contributed by atoms with van der Waals surface area (Å²) >= 11 is 0. The number of allylic oxidation sites excluding steroid dienone is 1. The van der Waals surface area contributed by atoms with E-state index < -0.39 is 6.61 Å². The summed E-state index contributed by atoms with van der Waals surface area (Å²) in [6.07, 6.45) is 4.31. The number of hydrogen-bond donors (Lipinski definition) is 0. The average Bonchev–Trinajstić information content (AvgIpc) is 2.94. The van der Waals surface area contributed by atoms with E-state index in [9.17, 15) is 13.6 Å². The summed E-state index contributed by atoms with van der Waals surface area (Å²) in [5, 5.41) is 4.01. The maximum Gasteiger partial charge on any atom is 0.387 e. The minimum Gasteiger partial charge on any atom is -0.434 e. The maximum absolute atomic E-state index is 12.3. The van der Waals surface area contributed by atoms with Crippen molar-refractivity contribution in [1.82, 2.24) is 9.78 Å². The van der Waals surface area contributed by atoms with Gasteiger partial charge < -0.3 is 4.74 Å². The lowest BCUT2D eigenvalue weighted by Gasteiger charge is -2.07. The molecule has 6 heteroatoms. The van der Waals surface area contributed by atoms with Crippen molar-refractivity contribution in [2.75, 3.05) is 0 Å². The van der Waals surface area contributed by atoms with Crippen LogP contribution in [0.2, 0.25) is 0 Å². The summed E-state index contributed by atoms with van der Waals surface area (Å²) in [7, 11) is 0. The van der Waals surface area contributed by atoms with E-state index in [0.717, 1.165) is 0 Å². The number of carbonyl (C=O) groups is 1. The van der Waals surface area contributed by atoms with Crippen LogP contribution in [0, 0.1) is 0 Å². The van der Waals surface area contributed by atoms with Crippen molar-refractivity contribution < 1.29 is 18.3 Å². The van der Waals surface area contributed by atoms with Gasteiger partial charge in [0.05, 0.1) is 0 Å². The molecule has 0 spiro atoms. The highest BCUT2D eigenvalue weighted by molar-refractivity contribution is 6.05. The first-order chi connectivity index (χ1) is 10.1. The summed E-state index contributed by atoms with van der Waals surface area (Å²) in [4.78, 5) is 12.1. The van der Waals surface area contributed by atoms with Crippen LogP contribution in [0.5, 0.6) is 5.75 Å². The van der Waals surface area contributed by atoms with Crippen LogP contribution >= 0.6 is 0 Å². The van der Waals surface area contributed by atoms with E-state index in [1.54, 1.807) is 35.1 Å². The lowest BCUT2D eigenvalue weighted by atomic mass is 10.1. The quantitative estimate of drug-likeness (QED) is 0.605. The molecule has 0 aliphatic heterocycles. The molecule has 0 N–H and O–H groups in total. The molecule has 0 radical (unpaired) electrons. The lowest BCUT2D eigenvalue weighted by molar-refractivity contribution is -0.0499. The largest absolute Gasteiger partial charge is 0.434 e. The number of para-hydroxylation sites is 1. The van der Waals surface area contributed by atoms with Gasteiger partial charge in [-0.3, -0.25) is 9.48 Å². The van der Waals surface area contributed by atoms with Crippen LogP contribution in [0.3, 0.4) is 0 Å². The zero-order chi connectivity index (χ0) is 15.2. The third-order valence-electron chi connectivity index (χ3n) is 2.82. The van der Waals surface area contributed by atoms with Gasteiger partial charge in [-0.2, -0.15) is 13.9 Å². The molecule has 0 saturated carbocycles. The highest BCUT2D eigenvalue weighted by atomic mass is 19.3. The molecule has 4 nitrogen and oxygen atoms in total. The first-order valence-electron chi connectivity index (χ1n) is 6.40. The SMILES string of the molecule is CCn1nccc1C(=O)C=Cc1ccccc1OC(F)F. The predicted molar refractivity (Wildman–Crippen MR) is 74.3 cm³/mol. The Morgan fingerprint density at radius 3 is 2.86 bits per heavy atom. The number of rotatable bonds is 6. The second kappa shape index (κ2) is 6.78. The molecule has 0 aliphatic rings. The molecule has 1 aromatic carbocycles. The fraction of sp³-hybridized carbons (Fsp3) is 0.200. The summed E-state index contributed by atoms with van der Waals surface area (Å²) in [6, 6.07) is 7.89. The Kier molecular flexibility index (Phi) is 4.81. The van der Waals surface area contributed by atoms with Gasteiger partial charge in [-0.15, -0.1) is 0 Å². The van der Waals surface area contributed by atoms with Crippen molar-refractivity contribution >= 4 is 11.9 Å². The van der Waals surface area contributed by atoms with E-state index in [-0.39, 0.29) is 11.5 Å². The van der Waals surface area contributed by atoms with Crippen LogP contribution < -0.4 is 4.74 Å². The number of ether oxygens (including phenoxy) is 1. The number of nitrogens with zero attached hydrogens (tertiary/aromatic N) is 2. The molecule has 0 bridgehead atoms. The Morgan fingerprint density at radius 1 is 1.38 bits per heavy atom. The molecular formula is C15H14F2N2O2. The minimum atomic E-state index is -2.91. The highest BCUT2D eigenvalue weighted by Crippen LogP contribution is 2.21. The summed E-state index contributed by atoms with van der Waals surface area (Å²) in [5.74, 6) is -0.221. The predicted octanol–water partition coefficient (Wildman–Crippen LogP) is 3.40. The monoisotopic (exact) mass is 292 g/mol. The zero-order valence-electron chi connectivity index (χ0n) is 11.4. The number of aryl methyl sites for hydroxylation is 1. The van der Waals surface area contributed by atoms with Gasteiger partial charge in [0.25, 0.3) is 0 Å². The van der Waals surface area contributed by atoms with E-state index in [1.807, 2.05) is 6.92 Å². The Bertz CT molecular complexity index is 651. The Balaban J connectivity index is 2.20. The molecule has 0 unspecified atom stereocenters. The molecular weight excluding hydrogens is 278 g/mol. The third kappa shape index (κ3) is 3.75. The van der Waals surface area contributed by atoms with Gasteiger partial charge in [0.15, 0.2) is 0 Å². The molecule has 21 heavy (non-hydrogen) atoms. The minimum absolute atomic E-state index is 0.0283. The van der Waals surface area contributed by atoms with E-state index in [2.05, 4.69) is 9.84 Å². The van der Waals surface area contributed by atoms with Crippen LogP contribution in [0.15, 0.2) is 42.6 Å². The highest BCUT2D eigenvalue weighted by Gasteiger charge is 2.10. The van der Waals surface area contributed by atoms with Crippen molar-refractivity contribution in [3.63, 3.8) is 0 Å². The van der Waals surface area contributed by atoms with Crippen LogP contribution in [-0.4, -0.2) is 22.2 Å². The number of aromatic nitrogens is 2. The molecule has 0 aliphatic carbocycles.